The second kappa shape index (κ2) is 7.33. The van der Waals surface area contributed by atoms with Crippen LogP contribution >= 0.6 is 0 Å². The third kappa shape index (κ3) is 3.36. The van der Waals surface area contributed by atoms with Gasteiger partial charge in [-0.3, -0.25) is 0 Å². The Morgan fingerprint density at radius 1 is 1.23 bits per heavy atom. The number of benzene rings is 1. The van der Waals surface area contributed by atoms with E-state index in [1.165, 1.54) is 6.07 Å². The van der Waals surface area contributed by atoms with Gasteiger partial charge in [0.25, 0.3) is 5.71 Å². The Balaban J connectivity index is 1.74. The summed E-state index contributed by atoms with van der Waals surface area (Å²) >= 11 is 0. The van der Waals surface area contributed by atoms with Crippen molar-refractivity contribution in [2.24, 2.45) is 0 Å². The summed E-state index contributed by atoms with van der Waals surface area (Å²) < 4.78 is 77.8. The summed E-state index contributed by atoms with van der Waals surface area (Å²) in [5.74, 6) is 0. The Hall–Kier alpha value is -2.50. The number of aromatic nitrogens is 2. The topological polar surface area (TPSA) is 85.5 Å². The van der Waals surface area contributed by atoms with E-state index in [4.69, 9.17) is 9.26 Å². The van der Waals surface area contributed by atoms with E-state index in [0.717, 1.165) is 17.6 Å². The molecule has 30 heavy (non-hydrogen) atoms. The van der Waals surface area contributed by atoms with E-state index in [1.807, 2.05) is 6.07 Å². The maximum absolute atomic E-state index is 13.6. The molecule has 1 saturated heterocycles. The van der Waals surface area contributed by atoms with E-state index in [2.05, 4.69) is 10.1 Å². The minimum absolute atomic E-state index is 0.0186. The number of piperidine rings is 1. The third-order valence-electron chi connectivity index (χ3n) is 5.32. The maximum atomic E-state index is 13.6. The Bertz CT molecular complexity index is 1160. The van der Waals surface area contributed by atoms with Gasteiger partial charge in [0.2, 0.25) is 10.0 Å². The molecule has 0 saturated carbocycles. The number of halogens is 3. The first-order chi connectivity index (χ1) is 14.2. The standard InChI is InChI=1S/C19H18F3N3O4S/c1-28-18(19(20,21)22)8-5-9-25(12-18)30(26,27)14-10-15-16(13-6-3-2-4-7-13)24-29-17(15)23-11-14/h2-4,6-7,10-11H,5,8-9,12H2,1H3. The molecule has 11 heteroatoms. The number of alkyl halides is 3. The van der Waals surface area contributed by atoms with Crippen molar-refractivity contribution in [1.29, 1.82) is 0 Å². The van der Waals surface area contributed by atoms with Crippen molar-refractivity contribution in [3.63, 3.8) is 0 Å². The van der Waals surface area contributed by atoms with Crippen molar-refractivity contribution in [1.82, 2.24) is 14.4 Å². The van der Waals surface area contributed by atoms with Crippen LogP contribution in [0.2, 0.25) is 0 Å². The largest absolute Gasteiger partial charge is 0.418 e. The molecule has 0 radical (unpaired) electrons. The third-order valence-corrected chi connectivity index (χ3v) is 7.13. The van der Waals surface area contributed by atoms with Gasteiger partial charge in [-0.25, -0.2) is 13.4 Å². The van der Waals surface area contributed by atoms with Gasteiger partial charge in [0.1, 0.15) is 10.6 Å². The summed E-state index contributed by atoms with van der Waals surface area (Å²) in [5, 5.41) is 4.31. The Labute approximate surface area is 170 Å². The van der Waals surface area contributed by atoms with Crippen LogP contribution in [0, 0.1) is 0 Å². The highest BCUT2D eigenvalue weighted by molar-refractivity contribution is 7.89. The van der Waals surface area contributed by atoms with Crippen molar-refractivity contribution < 1.29 is 30.8 Å². The SMILES string of the molecule is COC1(C(F)(F)F)CCCN(S(=O)(=O)c2cnc3onc(-c4ccccc4)c3c2)C1. The van der Waals surface area contributed by atoms with Crippen LogP contribution < -0.4 is 0 Å². The summed E-state index contributed by atoms with van der Waals surface area (Å²) in [6.45, 7) is -0.862. The van der Waals surface area contributed by atoms with Gasteiger partial charge < -0.3 is 9.26 Å². The molecule has 0 spiro atoms. The number of rotatable bonds is 4. The molecule has 1 atom stereocenters. The fourth-order valence-electron chi connectivity index (χ4n) is 3.61. The van der Waals surface area contributed by atoms with Gasteiger partial charge in [0.05, 0.1) is 18.1 Å². The van der Waals surface area contributed by atoms with E-state index < -0.39 is 28.3 Å². The highest BCUT2D eigenvalue weighted by atomic mass is 32.2. The molecule has 1 fully saturated rings. The lowest BCUT2D eigenvalue weighted by molar-refractivity contribution is -0.279. The lowest BCUT2D eigenvalue weighted by Crippen LogP contribution is -2.59. The molecule has 0 amide bonds. The lowest BCUT2D eigenvalue weighted by Gasteiger charge is -2.41. The van der Waals surface area contributed by atoms with E-state index in [0.29, 0.717) is 16.6 Å². The molecule has 1 aliphatic heterocycles. The Morgan fingerprint density at radius 3 is 2.63 bits per heavy atom. The average Bonchev–Trinajstić information content (AvgIpc) is 3.17. The summed E-state index contributed by atoms with van der Waals surface area (Å²) in [4.78, 5) is 3.77. The van der Waals surface area contributed by atoms with Crippen molar-refractivity contribution in [2.45, 2.75) is 29.5 Å². The zero-order valence-corrected chi connectivity index (χ0v) is 16.7. The Kier molecular flexibility index (Phi) is 5.07. The summed E-state index contributed by atoms with van der Waals surface area (Å²) in [6, 6.07) is 10.3. The molecule has 1 aliphatic rings. The molecule has 160 valence electrons. The molecule has 4 rings (SSSR count). The van der Waals surface area contributed by atoms with Gasteiger partial charge in [-0.05, 0) is 18.9 Å². The average molecular weight is 441 g/mol. The van der Waals surface area contributed by atoms with Gasteiger partial charge in [0, 0.05) is 19.2 Å². The monoisotopic (exact) mass is 441 g/mol. The second-order valence-electron chi connectivity index (χ2n) is 7.06. The van der Waals surface area contributed by atoms with Crippen molar-refractivity contribution >= 4 is 21.1 Å². The van der Waals surface area contributed by atoms with E-state index in [-0.39, 0.29) is 30.0 Å². The number of fused-ring (bicyclic) bond motifs is 1. The van der Waals surface area contributed by atoms with Crippen LogP contribution in [0.1, 0.15) is 12.8 Å². The van der Waals surface area contributed by atoms with Gasteiger partial charge >= 0.3 is 6.18 Å². The predicted molar refractivity (Wildman–Crippen MR) is 101 cm³/mol. The highest BCUT2D eigenvalue weighted by Gasteiger charge is 2.58. The first kappa shape index (κ1) is 20.8. The first-order valence-electron chi connectivity index (χ1n) is 9.11. The molecular weight excluding hydrogens is 423 g/mol. The van der Waals surface area contributed by atoms with Crippen LogP contribution in [-0.2, 0) is 14.8 Å². The molecule has 0 bridgehead atoms. The van der Waals surface area contributed by atoms with Crippen LogP contribution in [0.5, 0.6) is 0 Å². The summed E-state index contributed by atoms with van der Waals surface area (Å²) in [5.41, 5.74) is -1.31. The number of ether oxygens (including phenoxy) is 1. The minimum atomic E-state index is -4.70. The number of methoxy groups -OCH3 is 1. The zero-order valence-electron chi connectivity index (χ0n) is 15.9. The van der Waals surface area contributed by atoms with E-state index in [1.54, 1.807) is 24.3 Å². The first-order valence-corrected chi connectivity index (χ1v) is 10.5. The smallest absolute Gasteiger partial charge is 0.367 e. The van der Waals surface area contributed by atoms with E-state index >= 15 is 0 Å². The van der Waals surface area contributed by atoms with E-state index in [9.17, 15) is 21.6 Å². The molecule has 0 aliphatic carbocycles. The highest BCUT2D eigenvalue weighted by Crippen LogP contribution is 2.41. The van der Waals surface area contributed by atoms with Crippen LogP contribution in [0.4, 0.5) is 13.2 Å². The van der Waals surface area contributed by atoms with Crippen molar-refractivity contribution in [2.75, 3.05) is 20.2 Å². The number of pyridine rings is 1. The second-order valence-corrected chi connectivity index (χ2v) is 9.00. The molecular formula is C19H18F3N3O4S. The molecule has 0 N–H and O–H groups in total. The molecule has 3 aromatic rings. The maximum Gasteiger partial charge on any atom is 0.418 e. The van der Waals surface area contributed by atoms with Crippen LogP contribution in [-0.4, -0.2) is 54.8 Å². The zero-order chi connectivity index (χ0) is 21.6. The Morgan fingerprint density at radius 2 is 1.97 bits per heavy atom. The van der Waals surface area contributed by atoms with Crippen LogP contribution in [0.15, 0.2) is 52.0 Å². The summed E-state index contributed by atoms with van der Waals surface area (Å²) in [6.07, 6.45) is -3.92. The minimum Gasteiger partial charge on any atom is -0.367 e. The van der Waals surface area contributed by atoms with Crippen LogP contribution in [0.3, 0.4) is 0 Å². The van der Waals surface area contributed by atoms with Gasteiger partial charge in [-0.2, -0.15) is 17.5 Å². The van der Waals surface area contributed by atoms with Gasteiger partial charge in [-0.1, -0.05) is 35.5 Å². The van der Waals surface area contributed by atoms with Gasteiger partial charge in [0.15, 0.2) is 5.60 Å². The number of hydrogen-bond donors (Lipinski definition) is 0. The fraction of sp³-hybridized carbons (Fsp3) is 0.368. The number of nitrogens with zero attached hydrogens (tertiary/aromatic N) is 3. The fourth-order valence-corrected chi connectivity index (χ4v) is 5.11. The lowest BCUT2D eigenvalue weighted by atomic mass is 9.93. The molecule has 1 aromatic carbocycles. The van der Waals surface area contributed by atoms with Gasteiger partial charge in [-0.15, -0.1) is 0 Å². The molecule has 7 nitrogen and oxygen atoms in total. The normalized spacial score (nSPS) is 21.2. The predicted octanol–water partition coefficient (Wildman–Crippen LogP) is 3.62. The van der Waals surface area contributed by atoms with Crippen molar-refractivity contribution in [3.05, 3.63) is 42.6 Å². The molecule has 1 unspecified atom stereocenters. The quantitative estimate of drug-likeness (QED) is 0.615. The molecule has 3 heterocycles. The number of sulfonamides is 1. The van der Waals surface area contributed by atoms with Crippen molar-refractivity contribution in [3.8, 4) is 11.3 Å². The summed E-state index contributed by atoms with van der Waals surface area (Å²) in [7, 11) is -3.31. The van der Waals surface area contributed by atoms with Crippen LogP contribution in [0.25, 0.3) is 22.4 Å². The number of hydrogen-bond acceptors (Lipinski definition) is 6. The molecule has 2 aromatic heterocycles.